The Bertz CT molecular complexity index is 277. The van der Waals surface area contributed by atoms with Crippen molar-refractivity contribution in [2.75, 3.05) is 19.5 Å². The molecule has 0 spiro atoms. The van der Waals surface area contributed by atoms with Gasteiger partial charge in [-0.3, -0.25) is 5.32 Å². The fourth-order valence-corrected chi connectivity index (χ4v) is 3.99. The number of nitrogens with one attached hydrogen (secondary N) is 1. The summed E-state index contributed by atoms with van der Waals surface area (Å²) in [4.78, 5) is 0. The van der Waals surface area contributed by atoms with E-state index in [1.165, 1.54) is 6.42 Å². The zero-order valence-electron chi connectivity index (χ0n) is 11.9. The molecular formula is C14H26N2OS. The third-order valence-corrected chi connectivity index (χ3v) is 4.73. The van der Waals surface area contributed by atoms with Gasteiger partial charge in [0.2, 0.25) is 0 Å². The number of hydrogen-bond donors (Lipinski definition) is 1. The minimum absolute atomic E-state index is 0.286. The summed E-state index contributed by atoms with van der Waals surface area (Å²) in [7, 11) is 1.75. The molecule has 0 radical (unpaired) electrons. The van der Waals surface area contributed by atoms with Crippen molar-refractivity contribution in [2.45, 2.75) is 62.8 Å². The molecule has 2 atom stereocenters. The molecule has 104 valence electrons. The first-order chi connectivity index (χ1) is 8.62. The molecule has 4 heteroatoms. The van der Waals surface area contributed by atoms with Crippen LogP contribution in [0.3, 0.4) is 0 Å². The van der Waals surface area contributed by atoms with Crippen molar-refractivity contribution in [1.29, 1.82) is 5.26 Å². The summed E-state index contributed by atoms with van der Waals surface area (Å²) < 4.78 is 5.07. The second-order valence-corrected chi connectivity index (χ2v) is 6.84. The Morgan fingerprint density at radius 2 is 2.33 bits per heavy atom. The van der Waals surface area contributed by atoms with Gasteiger partial charge in [-0.05, 0) is 51.7 Å². The fourth-order valence-electron chi connectivity index (χ4n) is 2.64. The van der Waals surface area contributed by atoms with Crippen molar-refractivity contribution >= 4 is 11.8 Å². The monoisotopic (exact) mass is 270 g/mol. The lowest BCUT2D eigenvalue weighted by Crippen LogP contribution is -2.51. The molecule has 1 aliphatic carbocycles. The largest absolute Gasteiger partial charge is 0.385 e. The Morgan fingerprint density at radius 1 is 1.56 bits per heavy atom. The Hall–Kier alpha value is -0.240. The topological polar surface area (TPSA) is 45.0 Å². The van der Waals surface area contributed by atoms with Crippen molar-refractivity contribution in [3.8, 4) is 6.07 Å². The van der Waals surface area contributed by atoms with Gasteiger partial charge in [0.05, 0.1) is 6.07 Å². The van der Waals surface area contributed by atoms with Crippen LogP contribution in [-0.2, 0) is 4.74 Å². The van der Waals surface area contributed by atoms with Crippen LogP contribution in [0.15, 0.2) is 0 Å². The molecular weight excluding hydrogens is 244 g/mol. The highest BCUT2D eigenvalue weighted by atomic mass is 32.2. The molecule has 0 aromatic rings. The number of hydrogen-bond acceptors (Lipinski definition) is 4. The van der Waals surface area contributed by atoms with E-state index in [4.69, 9.17) is 4.74 Å². The first-order valence-electron chi connectivity index (χ1n) is 6.91. The summed E-state index contributed by atoms with van der Waals surface area (Å²) in [6.45, 7) is 5.08. The van der Waals surface area contributed by atoms with Crippen molar-refractivity contribution in [1.82, 2.24) is 5.32 Å². The third-order valence-electron chi connectivity index (χ3n) is 3.33. The number of ether oxygens (including phenoxy) is 1. The standard InChI is InChI=1S/C14H26N2OS/c1-12(2)16-14(11-15)7-4-6-13(10-14)18-9-5-8-17-3/h12-13,16H,4-10H2,1-3H3. The van der Waals surface area contributed by atoms with Crippen LogP contribution in [0, 0.1) is 11.3 Å². The van der Waals surface area contributed by atoms with Gasteiger partial charge in [0.15, 0.2) is 0 Å². The summed E-state index contributed by atoms with van der Waals surface area (Å²) in [6, 6.07) is 2.91. The van der Waals surface area contributed by atoms with Crippen LogP contribution in [0.4, 0.5) is 0 Å². The van der Waals surface area contributed by atoms with Gasteiger partial charge in [-0.2, -0.15) is 17.0 Å². The average Bonchev–Trinajstić information content (AvgIpc) is 2.34. The summed E-state index contributed by atoms with van der Waals surface area (Å²) >= 11 is 2.01. The first-order valence-corrected chi connectivity index (χ1v) is 7.96. The quantitative estimate of drug-likeness (QED) is 0.722. The molecule has 1 fully saturated rings. The molecule has 0 bridgehead atoms. The van der Waals surface area contributed by atoms with E-state index >= 15 is 0 Å². The van der Waals surface area contributed by atoms with Gasteiger partial charge in [-0.15, -0.1) is 0 Å². The molecule has 3 nitrogen and oxygen atoms in total. The van der Waals surface area contributed by atoms with Gasteiger partial charge in [0, 0.05) is 25.0 Å². The van der Waals surface area contributed by atoms with Gasteiger partial charge in [-0.1, -0.05) is 0 Å². The molecule has 2 unspecified atom stereocenters. The van der Waals surface area contributed by atoms with Crippen molar-refractivity contribution in [2.24, 2.45) is 0 Å². The molecule has 0 amide bonds. The van der Waals surface area contributed by atoms with E-state index in [0.29, 0.717) is 11.3 Å². The molecule has 0 aliphatic heterocycles. The zero-order valence-corrected chi connectivity index (χ0v) is 12.7. The second kappa shape index (κ2) is 8.04. The van der Waals surface area contributed by atoms with E-state index in [1.807, 2.05) is 11.8 Å². The molecule has 18 heavy (non-hydrogen) atoms. The van der Waals surface area contributed by atoms with Crippen molar-refractivity contribution in [3.63, 3.8) is 0 Å². The maximum atomic E-state index is 9.48. The van der Waals surface area contributed by atoms with E-state index in [1.54, 1.807) is 7.11 Å². The second-order valence-electron chi connectivity index (χ2n) is 5.43. The van der Waals surface area contributed by atoms with Gasteiger partial charge in [0.25, 0.3) is 0 Å². The third kappa shape index (κ3) is 5.17. The highest BCUT2D eigenvalue weighted by Gasteiger charge is 2.36. The lowest BCUT2D eigenvalue weighted by molar-refractivity contribution is 0.200. The van der Waals surface area contributed by atoms with Gasteiger partial charge in [-0.25, -0.2) is 0 Å². The Kier molecular flexibility index (Phi) is 7.06. The summed E-state index contributed by atoms with van der Waals surface area (Å²) in [5, 5.41) is 13.6. The molecule has 1 aliphatic rings. The maximum absolute atomic E-state index is 9.48. The first kappa shape index (κ1) is 15.8. The van der Waals surface area contributed by atoms with Crippen LogP contribution in [0.5, 0.6) is 0 Å². The van der Waals surface area contributed by atoms with Gasteiger partial charge < -0.3 is 4.74 Å². The van der Waals surface area contributed by atoms with Crippen molar-refractivity contribution < 1.29 is 4.74 Å². The van der Waals surface area contributed by atoms with Gasteiger partial charge in [0.1, 0.15) is 5.54 Å². The van der Waals surface area contributed by atoms with E-state index in [0.717, 1.165) is 38.0 Å². The van der Waals surface area contributed by atoms with E-state index in [2.05, 4.69) is 25.2 Å². The van der Waals surface area contributed by atoms with Crippen LogP contribution < -0.4 is 5.32 Å². The smallest absolute Gasteiger partial charge is 0.108 e. The van der Waals surface area contributed by atoms with E-state index < -0.39 is 0 Å². The summed E-state index contributed by atoms with van der Waals surface area (Å²) in [6.07, 6.45) is 5.50. The number of nitrogens with zero attached hydrogens (tertiary/aromatic N) is 1. The SMILES string of the molecule is COCCCSC1CCCC(C#N)(NC(C)C)C1. The number of thioether (sulfide) groups is 1. The van der Waals surface area contributed by atoms with Gasteiger partial charge >= 0.3 is 0 Å². The minimum atomic E-state index is -0.286. The van der Waals surface area contributed by atoms with Crippen LogP contribution >= 0.6 is 11.8 Å². The highest BCUT2D eigenvalue weighted by Crippen LogP contribution is 2.35. The minimum Gasteiger partial charge on any atom is -0.385 e. The summed E-state index contributed by atoms with van der Waals surface area (Å²) in [5.41, 5.74) is -0.286. The molecule has 0 saturated heterocycles. The molecule has 0 aromatic heterocycles. The maximum Gasteiger partial charge on any atom is 0.108 e. The van der Waals surface area contributed by atoms with Crippen LogP contribution in [0.2, 0.25) is 0 Å². The van der Waals surface area contributed by atoms with Crippen LogP contribution in [-0.4, -0.2) is 36.3 Å². The van der Waals surface area contributed by atoms with E-state index in [9.17, 15) is 5.26 Å². The zero-order chi connectivity index (χ0) is 13.4. The molecule has 0 aromatic carbocycles. The summed E-state index contributed by atoms with van der Waals surface area (Å²) in [5.74, 6) is 1.14. The molecule has 1 saturated carbocycles. The highest BCUT2D eigenvalue weighted by molar-refractivity contribution is 7.99. The normalized spacial score (nSPS) is 28.3. The number of rotatable bonds is 7. The Morgan fingerprint density at radius 3 is 2.94 bits per heavy atom. The fraction of sp³-hybridized carbons (Fsp3) is 0.929. The van der Waals surface area contributed by atoms with E-state index in [-0.39, 0.29) is 5.54 Å². The lowest BCUT2D eigenvalue weighted by Gasteiger charge is -2.37. The van der Waals surface area contributed by atoms with Crippen LogP contribution in [0.25, 0.3) is 0 Å². The predicted octanol–water partition coefficient (Wildman–Crippen LogP) is 2.96. The lowest BCUT2D eigenvalue weighted by atomic mass is 9.82. The Balaban J connectivity index is 2.41. The average molecular weight is 270 g/mol. The Labute approximate surface area is 116 Å². The van der Waals surface area contributed by atoms with Crippen LogP contribution in [0.1, 0.15) is 46.0 Å². The number of nitriles is 1. The predicted molar refractivity (Wildman–Crippen MR) is 77.8 cm³/mol. The molecule has 1 N–H and O–H groups in total. The molecule has 1 rings (SSSR count). The number of methoxy groups -OCH3 is 1. The molecule has 0 heterocycles. The van der Waals surface area contributed by atoms with Crippen molar-refractivity contribution in [3.05, 3.63) is 0 Å².